The lowest BCUT2D eigenvalue weighted by Gasteiger charge is -2.29. The predicted octanol–water partition coefficient (Wildman–Crippen LogP) is 2.37. The van der Waals surface area contributed by atoms with Gasteiger partial charge in [0.05, 0.1) is 5.02 Å². The summed E-state index contributed by atoms with van der Waals surface area (Å²) in [5.41, 5.74) is 5.72. The minimum absolute atomic E-state index is 0.623. The fraction of sp³-hybridized carbons (Fsp3) is 0.667. The Kier molecular flexibility index (Phi) is 6.07. The van der Waals surface area contributed by atoms with E-state index in [1.165, 1.54) is 12.8 Å². The zero-order valence-electron chi connectivity index (χ0n) is 12.3. The number of anilines is 1. The lowest BCUT2D eigenvalue weighted by atomic mass is 10.1. The molecule has 0 radical (unpaired) electrons. The van der Waals surface area contributed by atoms with Gasteiger partial charge in [0.2, 0.25) is 0 Å². The smallest absolute Gasteiger partial charge is 0.128 e. The van der Waals surface area contributed by atoms with Gasteiger partial charge in [0, 0.05) is 38.4 Å². The summed E-state index contributed by atoms with van der Waals surface area (Å²) in [6.07, 6.45) is 5.17. The summed E-state index contributed by atoms with van der Waals surface area (Å²) in [4.78, 5) is 9.36. The molecule has 112 valence electrons. The van der Waals surface area contributed by atoms with Crippen LogP contribution in [-0.4, -0.2) is 48.6 Å². The third-order valence-electron chi connectivity index (χ3n) is 4.05. The van der Waals surface area contributed by atoms with Gasteiger partial charge in [-0.25, -0.2) is 4.98 Å². The average Bonchev–Trinajstić information content (AvgIpc) is 2.71. The van der Waals surface area contributed by atoms with Gasteiger partial charge in [-0.1, -0.05) is 18.5 Å². The summed E-state index contributed by atoms with van der Waals surface area (Å²) >= 11 is 5.90. The van der Waals surface area contributed by atoms with Crippen LogP contribution in [0.2, 0.25) is 5.02 Å². The van der Waals surface area contributed by atoms with E-state index in [1.807, 2.05) is 12.1 Å². The summed E-state index contributed by atoms with van der Waals surface area (Å²) in [5, 5.41) is 0.694. The molecule has 1 unspecified atom stereocenters. The Labute approximate surface area is 126 Å². The van der Waals surface area contributed by atoms with Crippen LogP contribution in [0.4, 0.5) is 5.82 Å². The summed E-state index contributed by atoms with van der Waals surface area (Å²) in [5.74, 6) is 1.03. The molecule has 2 heterocycles. The molecule has 4 nitrogen and oxygen atoms in total. The molecule has 2 N–H and O–H groups in total. The fourth-order valence-corrected chi connectivity index (χ4v) is 3.04. The number of aromatic nitrogens is 1. The maximum Gasteiger partial charge on any atom is 0.128 e. The van der Waals surface area contributed by atoms with E-state index in [-0.39, 0.29) is 0 Å². The van der Waals surface area contributed by atoms with E-state index in [2.05, 4.69) is 21.7 Å². The van der Waals surface area contributed by atoms with Crippen molar-refractivity contribution >= 4 is 17.4 Å². The second-order valence-corrected chi connectivity index (χ2v) is 5.79. The van der Waals surface area contributed by atoms with Crippen molar-refractivity contribution in [1.82, 2.24) is 9.88 Å². The lowest BCUT2D eigenvalue weighted by molar-refractivity contribution is 0.196. The number of nitrogens with two attached hydrogens (primary N) is 1. The molecule has 1 aromatic heterocycles. The third-order valence-corrected chi connectivity index (χ3v) is 4.28. The molecule has 0 aromatic carbocycles. The fourth-order valence-electron chi connectivity index (χ4n) is 2.92. The Hall–Kier alpha value is -0.840. The van der Waals surface area contributed by atoms with Crippen molar-refractivity contribution < 1.29 is 0 Å². The molecule has 1 aliphatic rings. The molecule has 0 saturated carbocycles. The molecule has 0 spiro atoms. The zero-order valence-corrected chi connectivity index (χ0v) is 13.0. The van der Waals surface area contributed by atoms with Crippen molar-refractivity contribution in [3.63, 3.8) is 0 Å². The van der Waals surface area contributed by atoms with Crippen LogP contribution >= 0.6 is 11.6 Å². The van der Waals surface area contributed by atoms with E-state index in [9.17, 15) is 0 Å². The first-order chi connectivity index (χ1) is 9.74. The van der Waals surface area contributed by atoms with Gasteiger partial charge < -0.3 is 10.6 Å². The SMILES string of the molecule is CCC(CCN)N1CCCN(c2ccc(Cl)cn2)CC1. The standard InChI is InChI=1S/C15H25ClN4/c1-2-14(6-7-17)19-8-3-9-20(11-10-19)15-5-4-13(16)12-18-15/h4-5,12,14H,2-3,6-11,17H2,1H3. The second-order valence-electron chi connectivity index (χ2n) is 5.35. The van der Waals surface area contributed by atoms with Gasteiger partial charge in [-0.15, -0.1) is 0 Å². The third kappa shape index (κ3) is 4.08. The molecule has 0 bridgehead atoms. The van der Waals surface area contributed by atoms with Gasteiger partial charge in [0.1, 0.15) is 5.82 Å². The number of hydrogen-bond donors (Lipinski definition) is 1. The minimum atomic E-state index is 0.623. The summed E-state index contributed by atoms with van der Waals surface area (Å²) in [6, 6.07) is 4.54. The predicted molar refractivity (Wildman–Crippen MR) is 85.4 cm³/mol. The Bertz CT molecular complexity index is 395. The van der Waals surface area contributed by atoms with E-state index < -0.39 is 0 Å². The van der Waals surface area contributed by atoms with E-state index in [0.717, 1.165) is 45.0 Å². The topological polar surface area (TPSA) is 45.4 Å². The van der Waals surface area contributed by atoms with Gasteiger partial charge in [-0.2, -0.15) is 0 Å². The molecule has 0 aliphatic carbocycles. The highest BCUT2D eigenvalue weighted by Crippen LogP contribution is 2.18. The maximum absolute atomic E-state index is 5.90. The molecule has 1 fully saturated rings. The first kappa shape index (κ1) is 15.5. The van der Waals surface area contributed by atoms with Gasteiger partial charge in [0.25, 0.3) is 0 Å². The van der Waals surface area contributed by atoms with Crippen LogP contribution < -0.4 is 10.6 Å². The van der Waals surface area contributed by atoms with Crippen molar-refractivity contribution in [3.05, 3.63) is 23.4 Å². The molecular formula is C15H25ClN4. The highest BCUT2D eigenvalue weighted by atomic mass is 35.5. The first-order valence-electron chi connectivity index (χ1n) is 7.55. The molecule has 1 saturated heterocycles. The van der Waals surface area contributed by atoms with Crippen LogP contribution in [0.5, 0.6) is 0 Å². The zero-order chi connectivity index (χ0) is 14.4. The number of halogens is 1. The minimum Gasteiger partial charge on any atom is -0.355 e. The molecule has 1 aliphatic heterocycles. The molecule has 5 heteroatoms. The van der Waals surface area contributed by atoms with E-state index in [4.69, 9.17) is 17.3 Å². The quantitative estimate of drug-likeness (QED) is 0.906. The van der Waals surface area contributed by atoms with Crippen LogP contribution in [0.3, 0.4) is 0 Å². The molecule has 1 aromatic rings. The Morgan fingerprint density at radius 3 is 2.80 bits per heavy atom. The van der Waals surface area contributed by atoms with E-state index in [1.54, 1.807) is 6.20 Å². The van der Waals surface area contributed by atoms with Crippen LogP contribution in [0, 0.1) is 0 Å². The second kappa shape index (κ2) is 7.81. The summed E-state index contributed by atoms with van der Waals surface area (Å²) in [7, 11) is 0. The molecule has 1 atom stereocenters. The van der Waals surface area contributed by atoms with E-state index >= 15 is 0 Å². The number of rotatable bonds is 5. The highest BCUT2D eigenvalue weighted by molar-refractivity contribution is 6.30. The summed E-state index contributed by atoms with van der Waals surface area (Å²) < 4.78 is 0. The number of pyridine rings is 1. The lowest BCUT2D eigenvalue weighted by Crippen LogP contribution is -2.39. The Balaban J connectivity index is 1.96. The van der Waals surface area contributed by atoms with Gasteiger partial charge in [-0.05, 0) is 37.9 Å². The van der Waals surface area contributed by atoms with Crippen molar-refractivity contribution in [2.45, 2.75) is 32.2 Å². The molecular weight excluding hydrogens is 272 g/mol. The van der Waals surface area contributed by atoms with Crippen molar-refractivity contribution in [2.75, 3.05) is 37.6 Å². The highest BCUT2D eigenvalue weighted by Gasteiger charge is 2.20. The maximum atomic E-state index is 5.90. The average molecular weight is 297 g/mol. The number of nitrogens with zero attached hydrogens (tertiary/aromatic N) is 3. The normalized spacial score (nSPS) is 18.9. The van der Waals surface area contributed by atoms with E-state index in [0.29, 0.717) is 11.1 Å². The van der Waals surface area contributed by atoms with Crippen LogP contribution in [0.25, 0.3) is 0 Å². The van der Waals surface area contributed by atoms with Crippen LogP contribution in [0.1, 0.15) is 26.2 Å². The van der Waals surface area contributed by atoms with Crippen LogP contribution in [0.15, 0.2) is 18.3 Å². The molecule has 2 rings (SSSR count). The van der Waals surface area contributed by atoms with Gasteiger partial charge in [0.15, 0.2) is 0 Å². The monoisotopic (exact) mass is 296 g/mol. The largest absolute Gasteiger partial charge is 0.355 e. The van der Waals surface area contributed by atoms with Gasteiger partial charge in [-0.3, -0.25) is 4.90 Å². The van der Waals surface area contributed by atoms with Gasteiger partial charge >= 0.3 is 0 Å². The first-order valence-corrected chi connectivity index (χ1v) is 7.93. The Morgan fingerprint density at radius 2 is 2.15 bits per heavy atom. The van der Waals surface area contributed by atoms with Crippen LogP contribution in [-0.2, 0) is 0 Å². The summed E-state index contributed by atoms with van der Waals surface area (Å²) in [6.45, 7) is 7.35. The van der Waals surface area contributed by atoms with Crippen molar-refractivity contribution in [1.29, 1.82) is 0 Å². The Morgan fingerprint density at radius 1 is 1.30 bits per heavy atom. The molecule has 0 amide bonds. The number of hydrogen-bond acceptors (Lipinski definition) is 4. The molecule has 20 heavy (non-hydrogen) atoms. The van der Waals surface area contributed by atoms with Crippen molar-refractivity contribution in [3.8, 4) is 0 Å². The van der Waals surface area contributed by atoms with Crippen molar-refractivity contribution in [2.24, 2.45) is 5.73 Å².